The molecule has 1 amide bonds. The third-order valence-electron chi connectivity index (χ3n) is 8.78. The van der Waals surface area contributed by atoms with Crippen LogP contribution < -0.4 is 5.32 Å². The molecule has 1 aliphatic carbocycles. The number of hydrogen-bond acceptors (Lipinski definition) is 8. The van der Waals surface area contributed by atoms with Gasteiger partial charge in [-0.25, -0.2) is 18.0 Å². The Bertz CT molecular complexity index is 1550. The highest BCUT2D eigenvalue weighted by molar-refractivity contribution is 6.31. The first-order valence-corrected chi connectivity index (χ1v) is 15.9. The van der Waals surface area contributed by atoms with Crippen molar-refractivity contribution in [2.45, 2.75) is 52.1 Å². The zero-order chi connectivity index (χ0) is 34.4. The van der Waals surface area contributed by atoms with Crippen LogP contribution in [0.1, 0.15) is 51.6 Å². The number of benzene rings is 1. The fourth-order valence-electron chi connectivity index (χ4n) is 6.01. The molecule has 1 fully saturated rings. The number of halogens is 4. The lowest BCUT2D eigenvalue weighted by Gasteiger charge is -2.41. The average Bonchev–Trinajstić information content (AvgIpc) is 3.21. The van der Waals surface area contributed by atoms with Gasteiger partial charge in [-0.05, 0) is 36.5 Å². The first-order valence-electron chi connectivity index (χ1n) is 15.5. The Balaban J connectivity index is 1.75. The van der Waals surface area contributed by atoms with Gasteiger partial charge in [-0.2, -0.15) is 0 Å². The van der Waals surface area contributed by atoms with Crippen molar-refractivity contribution in [1.82, 2.24) is 15.1 Å². The van der Waals surface area contributed by atoms with Gasteiger partial charge in [0.05, 0.1) is 19.8 Å². The summed E-state index contributed by atoms with van der Waals surface area (Å²) in [7, 11) is 2.44. The molecule has 9 nitrogen and oxygen atoms in total. The molecular weight excluding hydrogens is 637 g/mol. The standard InChI is InChI=1S/C34H40ClF3N4O5/c1-6-20(19(2)3)14-29(43)42-13-12-41(28(18-42)33(44)46-4)17-27-30(34(45)47-5)31(23-11-10-22(37)15-25(23)35)40-32(39-27)24-9-7-8-21(36)16-26(24)38/h8-11,15-16,19-20,28,31H,6-7,12-14,17-18H2,1-5H3,(H,39,40)/t20?,28-,31-/m0/s1. The third kappa shape index (κ3) is 8.34. The second-order valence-electron chi connectivity index (χ2n) is 12.0. The molecule has 13 heteroatoms. The molecule has 47 heavy (non-hydrogen) atoms. The SMILES string of the molecule is CCC(CC(=O)N1CCN(CC2=C(C(=O)OC)[C@H](c3ccc(F)cc3Cl)N=C(C3=CCC=C(F)C=C3F)N2)[C@H](C(=O)OC)C1)C(C)C. The molecule has 3 atom stereocenters. The molecule has 2 heterocycles. The monoisotopic (exact) mass is 676 g/mol. The lowest BCUT2D eigenvalue weighted by Crippen LogP contribution is -2.59. The topological polar surface area (TPSA) is 101 Å². The Kier molecular flexibility index (Phi) is 12.1. The number of piperazine rings is 1. The predicted octanol–water partition coefficient (Wildman–Crippen LogP) is 5.74. The van der Waals surface area contributed by atoms with Crippen LogP contribution in [0.2, 0.25) is 5.02 Å². The summed E-state index contributed by atoms with van der Waals surface area (Å²) in [6, 6.07) is 1.51. The number of nitrogens with zero attached hydrogens (tertiary/aromatic N) is 3. The Morgan fingerprint density at radius 2 is 1.85 bits per heavy atom. The molecule has 3 aliphatic rings. The molecule has 0 radical (unpaired) electrons. The minimum Gasteiger partial charge on any atom is -0.468 e. The summed E-state index contributed by atoms with van der Waals surface area (Å²) in [5.74, 6) is -3.23. The number of carbonyl (C=O) groups is 3. The van der Waals surface area contributed by atoms with E-state index in [2.05, 4.69) is 24.2 Å². The van der Waals surface area contributed by atoms with Crippen molar-refractivity contribution < 1.29 is 37.0 Å². The number of methoxy groups -OCH3 is 2. The summed E-state index contributed by atoms with van der Waals surface area (Å²) in [6.07, 6.45) is 4.63. The minimum atomic E-state index is -1.18. The molecule has 0 aromatic heterocycles. The highest BCUT2D eigenvalue weighted by Gasteiger charge is 2.40. The third-order valence-corrected chi connectivity index (χ3v) is 9.11. The maximum absolute atomic E-state index is 15.3. The molecule has 0 saturated carbocycles. The van der Waals surface area contributed by atoms with Gasteiger partial charge in [0.2, 0.25) is 5.91 Å². The number of amidine groups is 1. The maximum Gasteiger partial charge on any atom is 0.338 e. The Labute approximate surface area is 277 Å². The molecule has 1 saturated heterocycles. The van der Waals surface area contributed by atoms with Gasteiger partial charge in [-0.3, -0.25) is 19.5 Å². The van der Waals surface area contributed by atoms with Gasteiger partial charge in [-0.1, -0.05) is 50.9 Å². The second-order valence-corrected chi connectivity index (χ2v) is 12.4. The van der Waals surface area contributed by atoms with E-state index >= 15 is 4.39 Å². The van der Waals surface area contributed by atoms with Crippen molar-refractivity contribution in [1.29, 1.82) is 0 Å². The number of esters is 2. The largest absolute Gasteiger partial charge is 0.468 e. The molecule has 1 N–H and O–H groups in total. The number of allylic oxidation sites excluding steroid dienone is 4. The fourth-order valence-corrected chi connectivity index (χ4v) is 6.28. The summed E-state index contributed by atoms with van der Waals surface area (Å²) < 4.78 is 53.7. The predicted molar refractivity (Wildman–Crippen MR) is 172 cm³/mol. The van der Waals surface area contributed by atoms with E-state index in [1.165, 1.54) is 32.4 Å². The first kappa shape index (κ1) is 35.9. The zero-order valence-corrected chi connectivity index (χ0v) is 27.9. The fraction of sp³-hybridized carbons (Fsp3) is 0.471. The van der Waals surface area contributed by atoms with Crippen LogP contribution in [0.5, 0.6) is 0 Å². The summed E-state index contributed by atoms with van der Waals surface area (Å²) in [6.45, 7) is 6.72. The molecule has 4 rings (SSSR count). The lowest BCUT2D eigenvalue weighted by molar-refractivity contribution is -0.151. The van der Waals surface area contributed by atoms with Gasteiger partial charge >= 0.3 is 11.9 Å². The van der Waals surface area contributed by atoms with E-state index in [0.717, 1.165) is 24.6 Å². The van der Waals surface area contributed by atoms with Gasteiger partial charge in [0.1, 0.15) is 35.4 Å². The van der Waals surface area contributed by atoms with Crippen LogP contribution in [0.4, 0.5) is 13.2 Å². The molecule has 1 unspecified atom stereocenters. The van der Waals surface area contributed by atoms with Crippen molar-refractivity contribution in [3.63, 3.8) is 0 Å². The molecule has 254 valence electrons. The summed E-state index contributed by atoms with van der Waals surface area (Å²) in [5, 5.41) is 3.00. The second kappa shape index (κ2) is 15.8. The van der Waals surface area contributed by atoms with Gasteiger partial charge in [0, 0.05) is 60.5 Å². The lowest BCUT2D eigenvalue weighted by atomic mass is 9.89. The summed E-state index contributed by atoms with van der Waals surface area (Å²) in [4.78, 5) is 47.8. The van der Waals surface area contributed by atoms with Crippen molar-refractivity contribution in [2.24, 2.45) is 16.8 Å². The van der Waals surface area contributed by atoms with Gasteiger partial charge in [0.25, 0.3) is 0 Å². The van der Waals surface area contributed by atoms with Crippen LogP contribution >= 0.6 is 11.6 Å². The number of hydrogen-bond donors (Lipinski definition) is 1. The maximum atomic E-state index is 15.3. The molecule has 1 aromatic carbocycles. The Morgan fingerprint density at radius 3 is 2.49 bits per heavy atom. The number of amides is 1. The van der Waals surface area contributed by atoms with E-state index in [1.807, 2.05) is 6.92 Å². The minimum absolute atomic E-state index is 0.00230. The number of nitrogens with one attached hydrogen (secondary N) is 1. The van der Waals surface area contributed by atoms with Crippen molar-refractivity contribution in [2.75, 3.05) is 40.4 Å². The average molecular weight is 677 g/mol. The van der Waals surface area contributed by atoms with E-state index < -0.39 is 41.5 Å². The van der Waals surface area contributed by atoms with Crippen LogP contribution in [-0.2, 0) is 23.9 Å². The van der Waals surface area contributed by atoms with Gasteiger partial charge < -0.3 is 19.7 Å². The van der Waals surface area contributed by atoms with Crippen LogP contribution in [-0.4, -0.2) is 79.9 Å². The summed E-state index contributed by atoms with van der Waals surface area (Å²) in [5.41, 5.74) is 0.383. The van der Waals surface area contributed by atoms with E-state index in [0.29, 0.717) is 18.9 Å². The molecule has 0 spiro atoms. The summed E-state index contributed by atoms with van der Waals surface area (Å²) >= 11 is 6.45. The zero-order valence-electron chi connectivity index (χ0n) is 27.1. The van der Waals surface area contributed by atoms with Crippen LogP contribution in [0, 0.1) is 17.7 Å². The molecule has 1 aromatic rings. The van der Waals surface area contributed by atoms with Crippen LogP contribution in [0.3, 0.4) is 0 Å². The van der Waals surface area contributed by atoms with E-state index in [4.69, 9.17) is 21.1 Å². The first-order chi connectivity index (χ1) is 22.4. The molecular formula is C34H40ClF3N4O5. The smallest absolute Gasteiger partial charge is 0.338 e. The number of carbonyl (C=O) groups excluding carboxylic acids is 3. The number of rotatable bonds is 10. The highest BCUT2D eigenvalue weighted by atomic mass is 35.5. The quantitative estimate of drug-likeness (QED) is 0.316. The Morgan fingerprint density at radius 1 is 1.11 bits per heavy atom. The number of aliphatic imine (C=N–C) groups is 1. The number of ether oxygens (including phenoxy) is 2. The van der Waals surface area contributed by atoms with Crippen molar-refractivity contribution >= 4 is 35.3 Å². The van der Waals surface area contributed by atoms with Crippen molar-refractivity contribution in [3.8, 4) is 0 Å². The Hall–Kier alpha value is -3.90. The molecule has 2 aliphatic heterocycles. The highest BCUT2D eigenvalue weighted by Crippen LogP contribution is 2.38. The normalized spacial score (nSPS) is 21.2. The van der Waals surface area contributed by atoms with Crippen molar-refractivity contribution in [3.05, 3.63) is 81.3 Å². The van der Waals surface area contributed by atoms with E-state index in [9.17, 15) is 23.2 Å². The van der Waals surface area contributed by atoms with E-state index in [1.54, 1.807) is 9.80 Å². The van der Waals surface area contributed by atoms with Gasteiger partial charge in [0.15, 0.2) is 0 Å². The molecule has 0 bridgehead atoms. The van der Waals surface area contributed by atoms with Crippen LogP contribution in [0.15, 0.2) is 69.9 Å². The van der Waals surface area contributed by atoms with E-state index in [-0.39, 0.29) is 71.1 Å². The van der Waals surface area contributed by atoms with Gasteiger partial charge in [-0.15, -0.1) is 0 Å². The van der Waals surface area contributed by atoms with Crippen LogP contribution in [0.25, 0.3) is 0 Å².